The molecule has 0 N–H and O–H groups in total. The number of hydrogen-bond acceptors (Lipinski definition) is 5. The highest BCUT2D eigenvalue weighted by Gasteiger charge is 2.22. The Bertz CT molecular complexity index is 1410. The summed E-state index contributed by atoms with van der Waals surface area (Å²) in [6.07, 6.45) is 4.88. The molecule has 1 unspecified atom stereocenters. The van der Waals surface area contributed by atoms with E-state index in [1.54, 1.807) is 33.6 Å². The Kier molecular flexibility index (Phi) is 9.89. The van der Waals surface area contributed by atoms with Gasteiger partial charge in [-0.1, -0.05) is 33.4 Å². The van der Waals surface area contributed by atoms with Gasteiger partial charge in [0.25, 0.3) is 5.91 Å². The highest BCUT2D eigenvalue weighted by atomic mass is 127. The Hall–Kier alpha value is -2.72. The van der Waals surface area contributed by atoms with E-state index < -0.39 is 0 Å². The molecule has 3 aromatic heterocycles. The number of likely N-dealkylation sites (N-methyl/N-ethyl adjacent to an activating group) is 1. The van der Waals surface area contributed by atoms with E-state index in [9.17, 15) is 4.79 Å². The van der Waals surface area contributed by atoms with Crippen LogP contribution < -0.4 is 4.74 Å². The first-order valence-corrected chi connectivity index (χ1v) is 16.3. The summed E-state index contributed by atoms with van der Waals surface area (Å²) >= 11 is 2.32. The number of aromatic nitrogens is 6. The predicted molar refractivity (Wildman–Crippen MR) is 161 cm³/mol. The fourth-order valence-corrected chi connectivity index (χ4v) is 5.74. The van der Waals surface area contributed by atoms with Gasteiger partial charge >= 0.3 is 0 Å². The lowest BCUT2D eigenvalue weighted by atomic mass is 10.1. The topological polar surface area (TPSA) is 83.0 Å². The van der Waals surface area contributed by atoms with Crippen LogP contribution in [0.3, 0.4) is 0 Å². The molecule has 198 valence electrons. The molecule has 0 fully saturated rings. The van der Waals surface area contributed by atoms with Gasteiger partial charge in [-0.15, -0.1) is 0 Å². The number of rotatable bonds is 9. The first-order valence-electron chi connectivity index (χ1n) is 12.3. The maximum Gasteiger partial charge on any atom is 0.272 e. The fourth-order valence-electron chi connectivity index (χ4n) is 4.20. The van der Waals surface area contributed by atoms with Gasteiger partial charge in [0.05, 0.1) is 41.6 Å². The summed E-state index contributed by atoms with van der Waals surface area (Å²) in [5.74, 6) is 0.583. The second kappa shape index (κ2) is 12.7. The summed E-state index contributed by atoms with van der Waals surface area (Å²) < 4.78 is 11.5. The SMILES string of the molecule is C=Cc1nn(PI)c2ccc(-c3cnn(C)c3OCCN(C)C(=O)c3c(C)c(CC)nn3C)cc12.CC. The molecule has 0 aliphatic heterocycles. The van der Waals surface area contributed by atoms with Crippen molar-refractivity contribution in [3.05, 3.63) is 53.6 Å². The summed E-state index contributed by atoms with van der Waals surface area (Å²) in [6, 6.07) is 6.23. The molecule has 1 amide bonds. The number of nitrogens with zero attached hydrogens (tertiary/aromatic N) is 7. The van der Waals surface area contributed by atoms with Crippen LogP contribution in [-0.2, 0) is 20.5 Å². The number of halogens is 1. The molecule has 0 aliphatic rings. The van der Waals surface area contributed by atoms with E-state index in [-0.39, 0.29) is 5.91 Å². The quantitative estimate of drug-likeness (QED) is 0.175. The van der Waals surface area contributed by atoms with Gasteiger partial charge < -0.3 is 9.64 Å². The van der Waals surface area contributed by atoms with Crippen molar-refractivity contribution in [2.45, 2.75) is 34.1 Å². The standard InChI is InChI=1S/C24H29IN7O2P.C2H6/c1-7-19-15(3)22(30(5)27-19)23(33)29(4)11-12-34-24-18(14-26-31(24)6)16-9-10-21-17(13-16)20(8-2)28-32(21)35-25;1-2/h8-10,13-14,35H,2,7,11-12H2,1,3-6H3;1-2H3. The second-order valence-corrected chi connectivity index (χ2v) is 10.3. The van der Waals surface area contributed by atoms with E-state index in [1.165, 1.54) is 0 Å². The van der Waals surface area contributed by atoms with Crippen molar-refractivity contribution in [2.75, 3.05) is 20.2 Å². The molecule has 37 heavy (non-hydrogen) atoms. The van der Waals surface area contributed by atoms with Crippen LogP contribution in [0.25, 0.3) is 28.1 Å². The van der Waals surface area contributed by atoms with Gasteiger partial charge in [-0.05, 0) is 59.2 Å². The number of benzene rings is 1. The molecule has 11 heteroatoms. The molecule has 4 aromatic rings. The van der Waals surface area contributed by atoms with Crippen molar-refractivity contribution in [1.29, 1.82) is 0 Å². The van der Waals surface area contributed by atoms with Gasteiger partial charge in [0.2, 0.25) is 5.88 Å². The van der Waals surface area contributed by atoms with Crippen LogP contribution >= 0.6 is 28.4 Å². The van der Waals surface area contributed by atoms with Crippen molar-refractivity contribution in [1.82, 2.24) is 34.0 Å². The Morgan fingerprint density at radius 1 is 1.24 bits per heavy atom. The van der Waals surface area contributed by atoms with Crippen LogP contribution in [0.1, 0.15) is 48.2 Å². The van der Waals surface area contributed by atoms with Crippen molar-refractivity contribution in [2.24, 2.45) is 14.1 Å². The van der Waals surface area contributed by atoms with Crippen LogP contribution in [0, 0.1) is 6.92 Å². The number of carbonyl (C=O) groups excluding carboxylic acids is 1. The molecule has 0 saturated heterocycles. The van der Waals surface area contributed by atoms with E-state index in [4.69, 9.17) is 4.74 Å². The lowest BCUT2D eigenvalue weighted by Gasteiger charge is -2.18. The zero-order valence-electron chi connectivity index (χ0n) is 22.5. The van der Waals surface area contributed by atoms with E-state index in [0.29, 0.717) is 31.1 Å². The molecule has 0 saturated carbocycles. The maximum absolute atomic E-state index is 13.1. The van der Waals surface area contributed by atoms with Gasteiger partial charge in [-0.25, -0.2) is 9.13 Å². The highest BCUT2D eigenvalue weighted by Crippen LogP contribution is 2.36. The Morgan fingerprint density at radius 2 is 1.97 bits per heavy atom. The number of amides is 1. The van der Waals surface area contributed by atoms with E-state index in [0.717, 1.165) is 45.4 Å². The number of fused-ring (bicyclic) bond motifs is 1. The zero-order chi connectivity index (χ0) is 27.3. The molecule has 3 heterocycles. The Morgan fingerprint density at radius 3 is 2.59 bits per heavy atom. The Labute approximate surface area is 233 Å². The molecular weight excluding hydrogens is 600 g/mol. The normalized spacial score (nSPS) is 11.1. The first-order chi connectivity index (χ1) is 17.8. The van der Waals surface area contributed by atoms with Crippen molar-refractivity contribution >= 4 is 51.3 Å². The minimum atomic E-state index is -0.0681. The molecule has 0 radical (unpaired) electrons. The zero-order valence-corrected chi connectivity index (χ0v) is 25.7. The monoisotopic (exact) mass is 635 g/mol. The third kappa shape index (κ3) is 5.75. The first kappa shape index (κ1) is 28.8. The highest BCUT2D eigenvalue weighted by molar-refractivity contribution is 14.2. The average molecular weight is 635 g/mol. The number of aryl methyl sites for hydroxylation is 3. The van der Waals surface area contributed by atoms with Crippen molar-refractivity contribution < 1.29 is 9.53 Å². The molecule has 9 nitrogen and oxygen atoms in total. The van der Waals surface area contributed by atoms with Crippen molar-refractivity contribution in [3.8, 4) is 17.0 Å². The molecule has 4 rings (SSSR count). The number of hydrogen-bond donors (Lipinski definition) is 0. The molecule has 1 aromatic carbocycles. The lowest BCUT2D eigenvalue weighted by Crippen LogP contribution is -2.32. The third-order valence-corrected chi connectivity index (χ3v) is 7.98. The minimum Gasteiger partial charge on any atom is -0.476 e. The Balaban J connectivity index is 0.00000186. The van der Waals surface area contributed by atoms with E-state index in [1.807, 2.05) is 46.2 Å². The number of ether oxygens (including phenoxy) is 1. The summed E-state index contributed by atoms with van der Waals surface area (Å²) in [5, 5.41) is 14.5. The second-order valence-electron chi connectivity index (χ2n) is 8.28. The largest absolute Gasteiger partial charge is 0.476 e. The van der Waals surface area contributed by atoms with Crippen molar-refractivity contribution in [3.63, 3.8) is 0 Å². The van der Waals surface area contributed by atoms with Crippen LogP contribution in [-0.4, -0.2) is 60.1 Å². The van der Waals surface area contributed by atoms with Gasteiger partial charge in [0.15, 0.2) is 0 Å². The molecule has 0 aliphatic carbocycles. The van der Waals surface area contributed by atoms with Gasteiger partial charge in [0.1, 0.15) is 12.3 Å². The van der Waals surface area contributed by atoms with Crippen LogP contribution in [0.15, 0.2) is 31.0 Å². The summed E-state index contributed by atoms with van der Waals surface area (Å²) in [4.78, 5) is 14.7. The smallest absolute Gasteiger partial charge is 0.272 e. The van der Waals surface area contributed by atoms with E-state index >= 15 is 0 Å². The summed E-state index contributed by atoms with van der Waals surface area (Å²) in [6.45, 7) is 12.7. The van der Waals surface area contributed by atoms with Crippen LogP contribution in [0.4, 0.5) is 0 Å². The van der Waals surface area contributed by atoms with Gasteiger partial charge in [-0.3, -0.25) is 9.48 Å². The van der Waals surface area contributed by atoms with E-state index in [2.05, 4.69) is 62.1 Å². The molecule has 0 bridgehead atoms. The van der Waals surface area contributed by atoms with Crippen LogP contribution in [0.5, 0.6) is 5.88 Å². The fraction of sp³-hybridized carbons (Fsp3) is 0.385. The predicted octanol–water partition coefficient (Wildman–Crippen LogP) is 5.65. The van der Waals surface area contributed by atoms with Crippen LogP contribution in [0.2, 0.25) is 0 Å². The summed E-state index contributed by atoms with van der Waals surface area (Å²) in [7, 11) is 5.44. The minimum absolute atomic E-state index is 0.0681. The molecule has 0 spiro atoms. The average Bonchev–Trinajstić information content (AvgIpc) is 3.56. The number of carbonyl (C=O) groups is 1. The van der Waals surface area contributed by atoms with Gasteiger partial charge in [0, 0.05) is 32.1 Å². The lowest BCUT2D eigenvalue weighted by molar-refractivity contribution is 0.0760. The third-order valence-electron chi connectivity index (χ3n) is 6.11. The summed E-state index contributed by atoms with van der Waals surface area (Å²) in [5.41, 5.74) is 6.29. The molecule has 1 atom stereocenters. The van der Waals surface area contributed by atoms with Gasteiger partial charge in [-0.2, -0.15) is 15.3 Å². The molecular formula is C26H35IN7O2P. The maximum atomic E-state index is 13.1.